The molecule has 2 N–H and O–H groups in total. The van der Waals surface area contributed by atoms with E-state index in [0.29, 0.717) is 10.7 Å². The molecule has 0 spiro atoms. The van der Waals surface area contributed by atoms with Gasteiger partial charge in [0.05, 0.1) is 4.90 Å². The molecule has 94 valence electrons. The van der Waals surface area contributed by atoms with Crippen molar-refractivity contribution in [2.75, 3.05) is 6.54 Å². The molecule has 0 radical (unpaired) electrons. The van der Waals surface area contributed by atoms with E-state index < -0.39 is 16.1 Å². The van der Waals surface area contributed by atoms with E-state index >= 15 is 0 Å². The van der Waals surface area contributed by atoms with E-state index in [1.165, 1.54) is 12.1 Å². The Hall–Kier alpha value is -1.56. The second-order valence-electron chi connectivity index (χ2n) is 3.58. The predicted molar refractivity (Wildman–Crippen MR) is 64.8 cm³/mol. The summed E-state index contributed by atoms with van der Waals surface area (Å²) in [5.41, 5.74) is 5.11. The first kappa shape index (κ1) is 13.5. The Kier molecular flexibility index (Phi) is 4.51. The zero-order valence-corrected chi connectivity index (χ0v) is 10.5. The molecule has 0 heterocycles. The van der Waals surface area contributed by atoms with E-state index in [0.717, 1.165) is 6.42 Å². The highest BCUT2D eigenvalue weighted by Gasteiger charge is 2.26. The normalized spacial score (nSPS) is 11.1. The molecule has 0 fully saturated rings. The molecule has 0 aliphatic carbocycles. The molecule has 1 rings (SSSR count). The van der Waals surface area contributed by atoms with E-state index in [2.05, 4.69) is 0 Å². The highest BCUT2D eigenvalue weighted by Crippen LogP contribution is 2.15. The van der Waals surface area contributed by atoms with Crippen molar-refractivity contribution in [2.24, 2.45) is 5.73 Å². The Morgan fingerprint density at radius 3 is 2.35 bits per heavy atom. The van der Waals surface area contributed by atoms with Crippen LogP contribution in [0.2, 0.25) is 0 Å². The summed E-state index contributed by atoms with van der Waals surface area (Å²) in [6.45, 7) is 2.03. The van der Waals surface area contributed by atoms with Crippen LogP contribution in [-0.4, -0.2) is 25.3 Å². The predicted octanol–water partition coefficient (Wildman–Crippen LogP) is 1.56. The largest absolute Gasteiger partial charge is 0.351 e. The average Bonchev–Trinajstić information content (AvgIpc) is 2.30. The number of carbonyl (C=O) groups excluding carboxylic acids is 1. The number of amides is 2. The van der Waals surface area contributed by atoms with Crippen LogP contribution in [0, 0.1) is 0 Å². The quantitative estimate of drug-likeness (QED) is 0.868. The number of sulfonamides is 1. The van der Waals surface area contributed by atoms with Gasteiger partial charge in [0.2, 0.25) is 0 Å². The minimum atomic E-state index is -3.81. The summed E-state index contributed by atoms with van der Waals surface area (Å²) in [6, 6.07) is 6.86. The molecule has 1 aromatic carbocycles. The summed E-state index contributed by atoms with van der Waals surface area (Å²) in [5.74, 6) is 0. The van der Waals surface area contributed by atoms with Gasteiger partial charge in [-0.15, -0.1) is 0 Å². The lowest BCUT2D eigenvalue weighted by Crippen LogP contribution is -2.41. The van der Waals surface area contributed by atoms with Gasteiger partial charge < -0.3 is 5.73 Å². The van der Waals surface area contributed by atoms with Crippen LogP contribution in [-0.2, 0) is 10.0 Å². The second kappa shape index (κ2) is 5.67. The maximum absolute atomic E-state index is 12.1. The van der Waals surface area contributed by atoms with Crippen LogP contribution >= 0.6 is 0 Å². The van der Waals surface area contributed by atoms with Gasteiger partial charge in [0.15, 0.2) is 0 Å². The molecule has 2 amide bonds. The van der Waals surface area contributed by atoms with Gasteiger partial charge in [-0.3, -0.25) is 0 Å². The fourth-order valence-corrected chi connectivity index (χ4v) is 2.73. The van der Waals surface area contributed by atoms with E-state index in [-0.39, 0.29) is 11.4 Å². The van der Waals surface area contributed by atoms with Gasteiger partial charge in [-0.1, -0.05) is 31.5 Å². The summed E-state index contributed by atoms with van der Waals surface area (Å²) in [6.07, 6.45) is 1.38. The van der Waals surface area contributed by atoms with Crippen molar-refractivity contribution in [3.8, 4) is 0 Å². The van der Waals surface area contributed by atoms with E-state index in [1.54, 1.807) is 18.2 Å². The van der Waals surface area contributed by atoms with Crippen molar-refractivity contribution < 1.29 is 13.2 Å². The topological polar surface area (TPSA) is 80.5 Å². The average molecular weight is 256 g/mol. The third-order valence-corrected chi connectivity index (χ3v) is 4.10. The summed E-state index contributed by atoms with van der Waals surface area (Å²) >= 11 is 0. The first-order chi connectivity index (χ1) is 8.00. The van der Waals surface area contributed by atoms with Gasteiger partial charge >= 0.3 is 6.03 Å². The van der Waals surface area contributed by atoms with Crippen molar-refractivity contribution in [1.29, 1.82) is 0 Å². The Labute approximate surface area is 101 Å². The minimum absolute atomic E-state index is 0.0786. The number of hydrogen-bond acceptors (Lipinski definition) is 3. The zero-order chi connectivity index (χ0) is 12.9. The SMILES string of the molecule is CCCCN(C(N)=O)S(=O)(=O)c1ccccc1. The molecule has 0 saturated carbocycles. The molecule has 1 aromatic rings. The number of nitrogens with zero attached hydrogens (tertiary/aromatic N) is 1. The van der Waals surface area contributed by atoms with Crippen molar-refractivity contribution in [3.63, 3.8) is 0 Å². The van der Waals surface area contributed by atoms with E-state index in [1.807, 2.05) is 6.92 Å². The molecule has 0 aromatic heterocycles. The number of benzene rings is 1. The first-order valence-electron chi connectivity index (χ1n) is 5.37. The van der Waals surface area contributed by atoms with Crippen LogP contribution < -0.4 is 5.73 Å². The Morgan fingerprint density at radius 1 is 1.29 bits per heavy atom. The number of hydrogen-bond donors (Lipinski definition) is 1. The van der Waals surface area contributed by atoms with Crippen LogP contribution in [0.3, 0.4) is 0 Å². The maximum Gasteiger partial charge on any atom is 0.328 e. The van der Waals surface area contributed by atoms with Crippen LogP contribution in [0.1, 0.15) is 19.8 Å². The van der Waals surface area contributed by atoms with Crippen LogP contribution in [0.25, 0.3) is 0 Å². The lowest BCUT2D eigenvalue weighted by Gasteiger charge is -2.19. The van der Waals surface area contributed by atoms with E-state index in [9.17, 15) is 13.2 Å². The smallest absolute Gasteiger partial charge is 0.328 e. The first-order valence-corrected chi connectivity index (χ1v) is 6.81. The number of nitrogens with two attached hydrogens (primary N) is 1. The van der Waals surface area contributed by atoms with Gasteiger partial charge in [0, 0.05) is 6.54 Å². The summed E-state index contributed by atoms with van der Waals surface area (Å²) in [4.78, 5) is 11.3. The molecular weight excluding hydrogens is 240 g/mol. The van der Waals surface area contributed by atoms with Crippen molar-refractivity contribution in [3.05, 3.63) is 30.3 Å². The second-order valence-corrected chi connectivity index (χ2v) is 5.44. The highest BCUT2D eigenvalue weighted by atomic mass is 32.2. The fourth-order valence-electron chi connectivity index (χ4n) is 1.37. The van der Waals surface area contributed by atoms with Crippen LogP contribution in [0.4, 0.5) is 4.79 Å². The standard InChI is InChI=1S/C11H16N2O3S/c1-2-3-9-13(11(12)14)17(15,16)10-7-5-4-6-8-10/h4-8H,2-3,9H2,1H3,(H2,12,14). The lowest BCUT2D eigenvalue weighted by molar-refractivity contribution is 0.231. The number of carbonyl (C=O) groups is 1. The van der Waals surface area contributed by atoms with Gasteiger partial charge in [0.1, 0.15) is 0 Å². The summed E-state index contributed by atoms with van der Waals surface area (Å²) in [7, 11) is -3.81. The van der Waals surface area contributed by atoms with Gasteiger partial charge in [-0.25, -0.2) is 17.5 Å². The molecule has 0 atom stereocenters. The number of rotatable bonds is 5. The Morgan fingerprint density at radius 2 is 1.88 bits per heavy atom. The molecule has 0 aliphatic rings. The van der Waals surface area contributed by atoms with Gasteiger partial charge in [-0.2, -0.15) is 0 Å². The third kappa shape index (κ3) is 3.20. The summed E-state index contributed by atoms with van der Waals surface area (Å²) < 4.78 is 24.9. The zero-order valence-electron chi connectivity index (χ0n) is 9.67. The number of primary amides is 1. The van der Waals surface area contributed by atoms with Crippen LogP contribution in [0.5, 0.6) is 0 Å². The molecule has 0 unspecified atom stereocenters. The van der Waals surface area contributed by atoms with Crippen molar-refractivity contribution >= 4 is 16.1 Å². The van der Waals surface area contributed by atoms with Crippen LogP contribution in [0.15, 0.2) is 35.2 Å². The van der Waals surface area contributed by atoms with Gasteiger partial charge in [-0.05, 0) is 18.6 Å². The monoisotopic (exact) mass is 256 g/mol. The molecule has 0 aliphatic heterocycles. The minimum Gasteiger partial charge on any atom is -0.351 e. The van der Waals surface area contributed by atoms with Crippen molar-refractivity contribution in [2.45, 2.75) is 24.7 Å². The van der Waals surface area contributed by atoms with E-state index in [4.69, 9.17) is 5.73 Å². The Bertz CT molecular complexity index is 471. The lowest BCUT2D eigenvalue weighted by atomic mass is 10.3. The fraction of sp³-hybridized carbons (Fsp3) is 0.364. The molecule has 0 saturated heterocycles. The molecule has 17 heavy (non-hydrogen) atoms. The number of unbranched alkanes of at least 4 members (excludes halogenated alkanes) is 1. The molecular formula is C11H16N2O3S. The van der Waals surface area contributed by atoms with Gasteiger partial charge in [0.25, 0.3) is 10.0 Å². The number of urea groups is 1. The highest BCUT2D eigenvalue weighted by molar-refractivity contribution is 7.89. The molecule has 6 heteroatoms. The van der Waals surface area contributed by atoms with Crippen molar-refractivity contribution in [1.82, 2.24) is 4.31 Å². The third-order valence-electron chi connectivity index (χ3n) is 2.29. The molecule has 0 bridgehead atoms. The molecule has 5 nitrogen and oxygen atoms in total. The maximum atomic E-state index is 12.1. The Balaban J connectivity index is 3.05. The summed E-state index contributed by atoms with van der Waals surface area (Å²) in [5, 5.41) is 0.